The molecular formula is C12H17F3N4O2. The second kappa shape index (κ2) is 6.02. The van der Waals surface area contributed by atoms with E-state index in [1.165, 1.54) is 7.05 Å². The number of rotatable bonds is 3. The topological polar surface area (TPSA) is 70.5 Å². The molecule has 1 aromatic heterocycles. The molecule has 0 amide bonds. The van der Waals surface area contributed by atoms with Gasteiger partial charge >= 0.3 is 6.18 Å². The summed E-state index contributed by atoms with van der Waals surface area (Å²) in [5, 5.41) is 11.7. The van der Waals surface area contributed by atoms with E-state index >= 15 is 0 Å². The summed E-state index contributed by atoms with van der Waals surface area (Å²) in [4.78, 5) is 9.19. The predicted molar refractivity (Wildman–Crippen MR) is 70.2 cm³/mol. The molecule has 1 aliphatic heterocycles. The van der Waals surface area contributed by atoms with Crippen LogP contribution in [-0.2, 0) is 10.9 Å². The number of hydrogen-bond acceptors (Lipinski definition) is 6. The minimum absolute atomic E-state index is 0.0981. The van der Waals surface area contributed by atoms with Crippen molar-refractivity contribution in [2.24, 2.45) is 0 Å². The Kier molecular flexibility index (Phi) is 4.52. The van der Waals surface area contributed by atoms with Gasteiger partial charge in [-0.3, -0.25) is 0 Å². The van der Waals surface area contributed by atoms with Crippen molar-refractivity contribution in [1.29, 1.82) is 0 Å². The van der Waals surface area contributed by atoms with Gasteiger partial charge in [-0.25, -0.2) is 4.98 Å². The first kappa shape index (κ1) is 15.8. The maximum atomic E-state index is 12.9. The largest absolute Gasteiger partial charge is 0.433 e. The van der Waals surface area contributed by atoms with Crippen LogP contribution in [0.2, 0.25) is 0 Å². The molecule has 6 nitrogen and oxygen atoms in total. The van der Waals surface area contributed by atoms with Crippen molar-refractivity contribution in [1.82, 2.24) is 9.97 Å². The van der Waals surface area contributed by atoms with Crippen molar-refractivity contribution in [3.8, 4) is 0 Å². The standard InChI is InChI=1S/C12H17F3N4O2/c1-7-6-21-8(5-20)4-19(7)10-3-9(12(13,14)15)17-11(16-2)18-10/h3,7-8,20H,4-6H2,1-2H3,(H,16,17,18). The molecule has 2 unspecified atom stereocenters. The van der Waals surface area contributed by atoms with E-state index in [2.05, 4.69) is 15.3 Å². The van der Waals surface area contributed by atoms with Gasteiger partial charge in [0.25, 0.3) is 0 Å². The molecule has 118 valence electrons. The van der Waals surface area contributed by atoms with Crippen LogP contribution in [-0.4, -0.2) is 54.0 Å². The highest BCUT2D eigenvalue weighted by Gasteiger charge is 2.35. The van der Waals surface area contributed by atoms with Gasteiger partial charge in [0.1, 0.15) is 5.82 Å². The van der Waals surface area contributed by atoms with Crippen LogP contribution in [0.15, 0.2) is 6.07 Å². The maximum Gasteiger partial charge on any atom is 0.433 e. The van der Waals surface area contributed by atoms with Crippen molar-refractivity contribution >= 4 is 11.8 Å². The van der Waals surface area contributed by atoms with Crippen LogP contribution < -0.4 is 10.2 Å². The molecule has 9 heteroatoms. The lowest BCUT2D eigenvalue weighted by Gasteiger charge is -2.38. The van der Waals surface area contributed by atoms with E-state index in [0.29, 0.717) is 6.61 Å². The number of nitrogens with zero attached hydrogens (tertiary/aromatic N) is 3. The van der Waals surface area contributed by atoms with Gasteiger partial charge in [-0.2, -0.15) is 18.2 Å². The van der Waals surface area contributed by atoms with Gasteiger partial charge in [0.05, 0.1) is 25.4 Å². The summed E-state index contributed by atoms with van der Waals surface area (Å²) in [5.74, 6) is 0.0648. The number of aromatic nitrogens is 2. The van der Waals surface area contributed by atoms with E-state index in [9.17, 15) is 13.2 Å². The minimum Gasteiger partial charge on any atom is -0.394 e. The van der Waals surface area contributed by atoms with Crippen LogP contribution in [0.3, 0.4) is 0 Å². The fourth-order valence-electron chi connectivity index (χ4n) is 2.09. The molecule has 1 aromatic rings. The number of anilines is 2. The van der Waals surface area contributed by atoms with E-state index in [1.54, 1.807) is 4.90 Å². The molecule has 0 saturated carbocycles. The monoisotopic (exact) mass is 306 g/mol. The zero-order valence-corrected chi connectivity index (χ0v) is 11.7. The molecule has 1 aliphatic rings. The molecule has 0 bridgehead atoms. The Balaban J connectivity index is 2.37. The third-order valence-electron chi connectivity index (χ3n) is 3.23. The second-order valence-corrected chi connectivity index (χ2v) is 4.82. The number of halogens is 3. The van der Waals surface area contributed by atoms with Crippen molar-refractivity contribution in [2.45, 2.75) is 25.2 Å². The first-order valence-corrected chi connectivity index (χ1v) is 6.48. The Bertz CT molecular complexity index is 498. The average molecular weight is 306 g/mol. The number of ether oxygens (including phenoxy) is 1. The molecule has 2 atom stereocenters. The summed E-state index contributed by atoms with van der Waals surface area (Å²) >= 11 is 0. The van der Waals surface area contributed by atoms with Gasteiger partial charge in [-0.1, -0.05) is 0 Å². The number of aliphatic hydroxyl groups is 1. The number of morpholine rings is 1. The van der Waals surface area contributed by atoms with Gasteiger partial charge in [0.2, 0.25) is 5.95 Å². The Morgan fingerprint density at radius 2 is 2.19 bits per heavy atom. The van der Waals surface area contributed by atoms with Gasteiger partial charge in [0, 0.05) is 19.7 Å². The summed E-state index contributed by atoms with van der Waals surface area (Å²) < 4.78 is 44.0. The Morgan fingerprint density at radius 1 is 1.48 bits per heavy atom. The van der Waals surface area contributed by atoms with Crippen LogP contribution in [0.4, 0.5) is 24.9 Å². The predicted octanol–water partition coefficient (Wildman–Crippen LogP) is 1.12. The van der Waals surface area contributed by atoms with Gasteiger partial charge in [-0.05, 0) is 6.92 Å². The highest BCUT2D eigenvalue weighted by atomic mass is 19.4. The zero-order chi connectivity index (χ0) is 15.6. The van der Waals surface area contributed by atoms with Crippen LogP contribution in [0, 0.1) is 0 Å². The lowest BCUT2D eigenvalue weighted by Crippen LogP contribution is -2.50. The number of nitrogens with one attached hydrogen (secondary N) is 1. The number of aliphatic hydroxyl groups excluding tert-OH is 1. The summed E-state index contributed by atoms with van der Waals surface area (Å²) in [6, 6.07) is 0.769. The normalized spacial score (nSPS) is 23.2. The molecule has 0 spiro atoms. The van der Waals surface area contributed by atoms with Crippen LogP contribution >= 0.6 is 0 Å². The molecule has 21 heavy (non-hydrogen) atoms. The molecule has 2 N–H and O–H groups in total. The van der Waals surface area contributed by atoms with Crippen LogP contribution in [0.1, 0.15) is 12.6 Å². The van der Waals surface area contributed by atoms with Crippen molar-refractivity contribution in [2.75, 3.05) is 37.0 Å². The zero-order valence-electron chi connectivity index (χ0n) is 11.7. The molecule has 2 heterocycles. The summed E-state index contributed by atoms with van der Waals surface area (Å²) in [6.07, 6.45) is -4.99. The van der Waals surface area contributed by atoms with Gasteiger partial charge < -0.3 is 20.1 Å². The van der Waals surface area contributed by atoms with Gasteiger partial charge in [-0.15, -0.1) is 0 Å². The molecule has 1 fully saturated rings. The fraction of sp³-hybridized carbons (Fsp3) is 0.667. The van der Waals surface area contributed by atoms with E-state index in [0.717, 1.165) is 6.07 Å². The van der Waals surface area contributed by atoms with Crippen LogP contribution in [0.5, 0.6) is 0 Å². The maximum absolute atomic E-state index is 12.9. The summed E-state index contributed by atoms with van der Waals surface area (Å²) in [6.45, 7) is 2.21. The minimum atomic E-state index is -4.55. The van der Waals surface area contributed by atoms with E-state index in [1.807, 2.05) is 6.92 Å². The molecular weight excluding hydrogens is 289 g/mol. The van der Waals surface area contributed by atoms with Crippen molar-refractivity contribution < 1.29 is 23.0 Å². The Hall–Kier alpha value is -1.61. The van der Waals surface area contributed by atoms with Crippen molar-refractivity contribution in [3.63, 3.8) is 0 Å². The van der Waals surface area contributed by atoms with Gasteiger partial charge in [0.15, 0.2) is 5.69 Å². The number of hydrogen-bond donors (Lipinski definition) is 2. The van der Waals surface area contributed by atoms with E-state index in [4.69, 9.17) is 9.84 Å². The van der Waals surface area contributed by atoms with Crippen LogP contribution in [0.25, 0.3) is 0 Å². The lowest BCUT2D eigenvalue weighted by atomic mass is 10.2. The molecule has 0 aromatic carbocycles. The van der Waals surface area contributed by atoms with E-state index in [-0.39, 0.29) is 31.0 Å². The molecule has 1 saturated heterocycles. The SMILES string of the molecule is CNc1nc(N2CC(CO)OCC2C)cc(C(F)(F)F)n1. The highest BCUT2D eigenvalue weighted by molar-refractivity contribution is 5.46. The molecule has 0 radical (unpaired) electrons. The third-order valence-corrected chi connectivity index (χ3v) is 3.23. The lowest BCUT2D eigenvalue weighted by molar-refractivity contribution is -0.141. The first-order chi connectivity index (χ1) is 9.85. The smallest absolute Gasteiger partial charge is 0.394 e. The third kappa shape index (κ3) is 3.53. The fourth-order valence-corrected chi connectivity index (χ4v) is 2.09. The molecule has 0 aliphatic carbocycles. The average Bonchev–Trinajstić information content (AvgIpc) is 2.46. The quantitative estimate of drug-likeness (QED) is 0.872. The Morgan fingerprint density at radius 3 is 2.76 bits per heavy atom. The summed E-state index contributed by atoms with van der Waals surface area (Å²) in [7, 11) is 1.46. The van der Waals surface area contributed by atoms with Crippen molar-refractivity contribution in [3.05, 3.63) is 11.8 Å². The molecule has 2 rings (SSSR count). The number of alkyl halides is 3. The highest BCUT2D eigenvalue weighted by Crippen LogP contribution is 2.31. The first-order valence-electron chi connectivity index (χ1n) is 6.48. The van der Waals surface area contributed by atoms with E-state index < -0.39 is 18.0 Å². The summed E-state index contributed by atoms with van der Waals surface area (Å²) in [5.41, 5.74) is -1.00. The Labute approximate surface area is 119 Å². The second-order valence-electron chi connectivity index (χ2n) is 4.82.